The molecule has 3 rings (SSSR count). The molecule has 1 heterocycles. The van der Waals surface area contributed by atoms with Crippen LogP contribution in [0.3, 0.4) is 0 Å². The first-order valence-electron chi connectivity index (χ1n) is 7.50. The van der Waals surface area contributed by atoms with Gasteiger partial charge in [-0.05, 0) is 48.8 Å². The fourth-order valence-electron chi connectivity index (χ4n) is 3.64. The number of carbonyl (C=O) groups is 1. The number of nitrogens with zero attached hydrogens (tertiary/aromatic N) is 1. The quantitative estimate of drug-likeness (QED) is 0.856. The van der Waals surface area contributed by atoms with Crippen LogP contribution in [0.4, 0.5) is 4.79 Å². The Morgan fingerprint density at radius 3 is 2.57 bits per heavy atom. The van der Waals surface area contributed by atoms with E-state index in [-0.39, 0.29) is 0 Å². The van der Waals surface area contributed by atoms with Crippen molar-refractivity contribution in [1.29, 1.82) is 0 Å². The number of amides is 1. The van der Waals surface area contributed by atoms with Crippen LogP contribution in [0, 0.1) is 17.8 Å². The summed E-state index contributed by atoms with van der Waals surface area (Å²) in [5, 5.41) is 11.2. The maximum absolute atomic E-state index is 10.5. The number of hydrogen-bond acceptors (Lipinski definition) is 2. The Morgan fingerprint density at radius 1 is 1.38 bits per heavy atom. The molecule has 2 fully saturated rings. The van der Waals surface area contributed by atoms with Gasteiger partial charge in [-0.15, -0.1) is 0 Å². The summed E-state index contributed by atoms with van der Waals surface area (Å²) >= 11 is 3.46. The molecule has 2 unspecified atom stereocenters. The van der Waals surface area contributed by atoms with E-state index in [9.17, 15) is 4.79 Å². The Bertz CT molecular complexity index is 508. The summed E-state index contributed by atoms with van der Waals surface area (Å²) < 4.78 is 1.12. The number of piperidine rings is 1. The highest BCUT2D eigenvalue weighted by Gasteiger charge is 2.55. The molecule has 1 aliphatic carbocycles. The van der Waals surface area contributed by atoms with E-state index in [0.29, 0.717) is 30.3 Å². The van der Waals surface area contributed by atoms with Gasteiger partial charge in [0.2, 0.25) is 0 Å². The number of fused-ring (bicyclic) bond motifs is 1. The molecule has 1 aliphatic heterocycles. The van der Waals surface area contributed by atoms with Gasteiger partial charge in [-0.2, -0.15) is 0 Å². The average molecular weight is 353 g/mol. The summed E-state index contributed by atoms with van der Waals surface area (Å²) in [6.07, 6.45) is 0.172. The third-order valence-corrected chi connectivity index (χ3v) is 5.48. The van der Waals surface area contributed by atoms with Crippen LogP contribution in [0.2, 0.25) is 0 Å². The van der Waals surface area contributed by atoms with E-state index < -0.39 is 6.09 Å². The summed E-state index contributed by atoms with van der Waals surface area (Å²) in [5.41, 5.74) is 1.37. The van der Waals surface area contributed by atoms with E-state index >= 15 is 0 Å². The van der Waals surface area contributed by atoms with Gasteiger partial charge in [0.05, 0.1) is 0 Å². The topological polar surface area (TPSA) is 52.6 Å². The minimum atomic E-state index is -0.902. The molecule has 0 aromatic heterocycles. The Balaban J connectivity index is 1.46. The third-order valence-electron chi connectivity index (χ3n) is 4.96. The van der Waals surface area contributed by atoms with Gasteiger partial charge in [0.25, 0.3) is 0 Å². The largest absolute Gasteiger partial charge is 0.465 e. The SMILES string of the molecule is C[C@H](Cc1ccc(Br)cc1)N1CC2C(CNC(=O)O)C2C1. The summed E-state index contributed by atoms with van der Waals surface area (Å²) in [6, 6.07) is 9.09. The highest BCUT2D eigenvalue weighted by Crippen LogP contribution is 2.51. The number of hydrogen-bond donors (Lipinski definition) is 2. The van der Waals surface area contributed by atoms with Crippen LogP contribution in [-0.4, -0.2) is 41.8 Å². The lowest BCUT2D eigenvalue weighted by atomic mass is 10.1. The minimum absolute atomic E-state index is 0.548. The van der Waals surface area contributed by atoms with E-state index in [1.807, 2.05) is 0 Å². The predicted molar refractivity (Wildman–Crippen MR) is 85.4 cm³/mol. The zero-order valence-corrected chi connectivity index (χ0v) is 13.7. The van der Waals surface area contributed by atoms with Gasteiger partial charge in [-0.25, -0.2) is 4.79 Å². The standard InChI is InChI=1S/C16H21BrN2O2/c1-10(6-11-2-4-12(17)5-3-11)19-8-14-13(15(14)9-19)7-18-16(20)21/h2-5,10,13-15,18H,6-9H2,1H3,(H,20,21)/t10-,13?,14?,15?/m1/s1. The zero-order chi connectivity index (χ0) is 15.0. The van der Waals surface area contributed by atoms with Gasteiger partial charge in [0.15, 0.2) is 0 Å². The van der Waals surface area contributed by atoms with Crippen LogP contribution < -0.4 is 5.32 Å². The monoisotopic (exact) mass is 352 g/mol. The van der Waals surface area contributed by atoms with Crippen molar-refractivity contribution < 1.29 is 9.90 Å². The lowest BCUT2D eigenvalue weighted by Gasteiger charge is -2.27. The number of nitrogens with one attached hydrogen (secondary N) is 1. The number of halogens is 1. The van der Waals surface area contributed by atoms with E-state index in [2.05, 4.69) is 57.3 Å². The highest BCUT2D eigenvalue weighted by atomic mass is 79.9. The molecule has 114 valence electrons. The fraction of sp³-hybridized carbons (Fsp3) is 0.562. The number of rotatable bonds is 5. The highest BCUT2D eigenvalue weighted by molar-refractivity contribution is 9.10. The lowest BCUT2D eigenvalue weighted by Crippen LogP contribution is -2.36. The molecule has 4 nitrogen and oxygen atoms in total. The maximum atomic E-state index is 10.5. The van der Waals surface area contributed by atoms with Crippen LogP contribution in [0.1, 0.15) is 12.5 Å². The summed E-state index contributed by atoms with van der Waals surface area (Å²) in [7, 11) is 0. The smallest absolute Gasteiger partial charge is 0.404 e. The Morgan fingerprint density at radius 2 is 2.00 bits per heavy atom. The van der Waals surface area contributed by atoms with E-state index in [0.717, 1.165) is 24.0 Å². The fourth-order valence-corrected chi connectivity index (χ4v) is 3.90. The number of benzene rings is 1. The molecule has 21 heavy (non-hydrogen) atoms. The Labute approximate surface area is 133 Å². The number of carboxylic acid groups (broad SMARTS) is 1. The maximum Gasteiger partial charge on any atom is 0.404 e. The van der Waals surface area contributed by atoms with Gasteiger partial charge in [0, 0.05) is 30.1 Å². The second kappa shape index (κ2) is 5.97. The molecule has 2 N–H and O–H groups in total. The van der Waals surface area contributed by atoms with Crippen molar-refractivity contribution in [3.8, 4) is 0 Å². The molecule has 1 aromatic rings. The summed E-state index contributed by atoms with van der Waals surface area (Å²) in [5.74, 6) is 1.96. The van der Waals surface area contributed by atoms with E-state index in [1.54, 1.807) is 0 Å². The van der Waals surface area contributed by atoms with Crippen molar-refractivity contribution in [2.45, 2.75) is 19.4 Å². The molecular weight excluding hydrogens is 332 g/mol. The molecule has 2 aliphatic rings. The lowest BCUT2D eigenvalue weighted by molar-refractivity contribution is 0.190. The molecule has 5 heteroatoms. The molecular formula is C16H21BrN2O2. The van der Waals surface area contributed by atoms with Crippen molar-refractivity contribution in [3.63, 3.8) is 0 Å². The second-order valence-electron chi connectivity index (χ2n) is 6.31. The van der Waals surface area contributed by atoms with Crippen LogP contribution in [0.5, 0.6) is 0 Å². The van der Waals surface area contributed by atoms with Crippen molar-refractivity contribution in [2.24, 2.45) is 17.8 Å². The van der Waals surface area contributed by atoms with Gasteiger partial charge in [0.1, 0.15) is 0 Å². The van der Waals surface area contributed by atoms with Crippen molar-refractivity contribution in [2.75, 3.05) is 19.6 Å². The van der Waals surface area contributed by atoms with Gasteiger partial charge in [-0.1, -0.05) is 28.1 Å². The van der Waals surface area contributed by atoms with Gasteiger partial charge in [-0.3, -0.25) is 4.90 Å². The molecule has 0 bridgehead atoms. The molecule has 0 radical (unpaired) electrons. The van der Waals surface area contributed by atoms with Crippen LogP contribution in [-0.2, 0) is 6.42 Å². The normalized spacial score (nSPS) is 29.0. The van der Waals surface area contributed by atoms with Gasteiger partial charge >= 0.3 is 6.09 Å². The molecule has 3 atom stereocenters. The summed E-state index contributed by atoms with van der Waals surface area (Å²) in [6.45, 7) is 5.15. The van der Waals surface area contributed by atoms with Crippen LogP contribution in [0.25, 0.3) is 0 Å². The Kier molecular flexibility index (Phi) is 4.22. The first kappa shape index (κ1) is 14.9. The second-order valence-corrected chi connectivity index (χ2v) is 7.23. The average Bonchev–Trinajstić information content (AvgIpc) is 2.89. The van der Waals surface area contributed by atoms with Crippen molar-refractivity contribution in [1.82, 2.24) is 10.2 Å². The first-order valence-corrected chi connectivity index (χ1v) is 8.29. The van der Waals surface area contributed by atoms with E-state index in [1.165, 1.54) is 5.56 Å². The predicted octanol–water partition coefficient (Wildman–Crippen LogP) is 2.83. The third kappa shape index (κ3) is 3.40. The minimum Gasteiger partial charge on any atom is -0.465 e. The molecule has 1 aromatic carbocycles. The van der Waals surface area contributed by atoms with Crippen molar-refractivity contribution >= 4 is 22.0 Å². The van der Waals surface area contributed by atoms with Crippen LogP contribution >= 0.6 is 15.9 Å². The van der Waals surface area contributed by atoms with Crippen LogP contribution in [0.15, 0.2) is 28.7 Å². The Hall–Kier alpha value is -1.07. The number of likely N-dealkylation sites (tertiary alicyclic amines) is 1. The van der Waals surface area contributed by atoms with Gasteiger partial charge < -0.3 is 10.4 Å². The summed E-state index contributed by atoms with van der Waals surface area (Å²) in [4.78, 5) is 13.1. The molecule has 0 spiro atoms. The molecule has 1 saturated heterocycles. The van der Waals surface area contributed by atoms with Crippen molar-refractivity contribution in [3.05, 3.63) is 34.3 Å². The zero-order valence-electron chi connectivity index (χ0n) is 12.1. The first-order chi connectivity index (χ1) is 10.0. The molecule has 1 saturated carbocycles. The van der Waals surface area contributed by atoms with E-state index in [4.69, 9.17) is 5.11 Å². The molecule has 1 amide bonds.